The predicted molar refractivity (Wildman–Crippen MR) is 123 cm³/mol. The fourth-order valence-corrected chi connectivity index (χ4v) is 3.77. The highest BCUT2D eigenvalue weighted by Crippen LogP contribution is 2.42. The van der Waals surface area contributed by atoms with Gasteiger partial charge < -0.3 is 15.2 Å². The minimum atomic E-state index is -0.865. The molecule has 4 rings (SSSR count). The van der Waals surface area contributed by atoms with Crippen LogP contribution < -0.4 is 15.0 Å². The minimum Gasteiger partial charge on any atom is -0.507 e. The second-order valence-corrected chi connectivity index (χ2v) is 7.41. The molecule has 2 heterocycles. The molecule has 1 aliphatic heterocycles. The van der Waals surface area contributed by atoms with Crippen molar-refractivity contribution >= 4 is 34.7 Å². The van der Waals surface area contributed by atoms with Crippen LogP contribution >= 0.6 is 0 Å². The number of nitrogens with one attached hydrogen (secondary N) is 1. The van der Waals surface area contributed by atoms with E-state index in [1.165, 1.54) is 24.2 Å². The third-order valence-electron chi connectivity index (χ3n) is 5.30. The normalized spacial score (nSPS) is 17.2. The highest BCUT2D eigenvalue weighted by Gasteiger charge is 2.46. The lowest BCUT2D eigenvalue weighted by Gasteiger charge is -2.25. The van der Waals surface area contributed by atoms with Crippen molar-refractivity contribution < 1.29 is 24.2 Å². The second kappa shape index (κ2) is 8.96. The van der Waals surface area contributed by atoms with Crippen LogP contribution in [0.15, 0.2) is 78.6 Å². The highest BCUT2D eigenvalue weighted by atomic mass is 16.5. The molecule has 0 radical (unpaired) electrons. The summed E-state index contributed by atoms with van der Waals surface area (Å²) in [5.41, 5.74) is 1.97. The number of hydrogen-bond acceptors (Lipinski definition) is 6. The molecule has 2 aromatic carbocycles. The molecule has 8 nitrogen and oxygen atoms in total. The lowest BCUT2D eigenvalue weighted by molar-refractivity contribution is -0.132. The van der Waals surface area contributed by atoms with Gasteiger partial charge in [0.2, 0.25) is 5.91 Å². The molecule has 1 unspecified atom stereocenters. The number of amides is 2. The third-order valence-corrected chi connectivity index (χ3v) is 5.30. The summed E-state index contributed by atoms with van der Waals surface area (Å²) >= 11 is 0. The average molecular weight is 443 g/mol. The van der Waals surface area contributed by atoms with E-state index in [9.17, 15) is 19.5 Å². The van der Waals surface area contributed by atoms with Crippen LogP contribution in [0.25, 0.3) is 5.76 Å². The van der Waals surface area contributed by atoms with E-state index in [2.05, 4.69) is 10.3 Å². The zero-order valence-corrected chi connectivity index (χ0v) is 18.0. The number of hydrogen-bond donors (Lipinski definition) is 2. The zero-order valence-electron chi connectivity index (χ0n) is 18.0. The molecular weight excluding hydrogens is 422 g/mol. The molecule has 2 amide bonds. The van der Waals surface area contributed by atoms with Crippen molar-refractivity contribution in [2.45, 2.75) is 13.0 Å². The van der Waals surface area contributed by atoms with Gasteiger partial charge in [0.05, 0.1) is 18.7 Å². The molecule has 0 aliphatic carbocycles. The number of carbonyl (C=O) groups is 3. The van der Waals surface area contributed by atoms with E-state index in [1.807, 2.05) is 0 Å². The van der Waals surface area contributed by atoms with E-state index >= 15 is 0 Å². The molecule has 0 bridgehead atoms. The number of Topliss-reactive ketones (excluding diaryl/α,β-unsaturated/α-hetero) is 1. The number of ketones is 1. The number of aliphatic hydroxyl groups excluding tert-OH is 1. The summed E-state index contributed by atoms with van der Waals surface area (Å²) < 4.78 is 5.22. The van der Waals surface area contributed by atoms with Crippen molar-refractivity contribution in [2.75, 3.05) is 17.3 Å². The number of aromatic nitrogens is 1. The maximum absolute atomic E-state index is 13.1. The number of benzene rings is 2. The van der Waals surface area contributed by atoms with Crippen LogP contribution in [0.1, 0.15) is 24.1 Å². The Kier molecular flexibility index (Phi) is 5.91. The first kappa shape index (κ1) is 21.8. The summed E-state index contributed by atoms with van der Waals surface area (Å²) in [5.74, 6) is -1.45. The summed E-state index contributed by atoms with van der Waals surface area (Å²) in [6, 6.07) is 15.8. The van der Waals surface area contributed by atoms with Crippen LogP contribution in [0.3, 0.4) is 0 Å². The first-order valence-electron chi connectivity index (χ1n) is 10.1. The van der Waals surface area contributed by atoms with Gasteiger partial charge in [0, 0.05) is 36.3 Å². The summed E-state index contributed by atoms with van der Waals surface area (Å²) in [5, 5.41) is 13.7. The summed E-state index contributed by atoms with van der Waals surface area (Å²) in [4.78, 5) is 42.9. The maximum atomic E-state index is 13.1. The maximum Gasteiger partial charge on any atom is 0.300 e. The predicted octanol–water partition coefficient (Wildman–Crippen LogP) is 3.67. The molecule has 1 aliphatic rings. The molecule has 33 heavy (non-hydrogen) atoms. The Bertz CT molecular complexity index is 1240. The van der Waals surface area contributed by atoms with E-state index in [4.69, 9.17) is 4.74 Å². The number of rotatable bonds is 5. The van der Waals surface area contributed by atoms with Crippen molar-refractivity contribution in [1.82, 2.24) is 4.98 Å². The van der Waals surface area contributed by atoms with E-state index in [0.717, 1.165) is 0 Å². The monoisotopic (exact) mass is 443 g/mol. The van der Waals surface area contributed by atoms with Gasteiger partial charge >= 0.3 is 0 Å². The van der Waals surface area contributed by atoms with Gasteiger partial charge in [-0.15, -0.1) is 0 Å². The van der Waals surface area contributed by atoms with Crippen LogP contribution in [0.4, 0.5) is 11.4 Å². The molecule has 0 saturated carbocycles. The molecule has 0 spiro atoms. The van der Waals surface area contributed by atoms with Crippen molar-refractivity contribution in [2.24, 2.45) is 0 Å². The second-order valence-electron chi connectivity index (χ2n) is 7.41. The molecule has 3 aromatic rings. The summed E-state index contributed by atoms with van der Waals surface area (Å²) in [7, 11) is 1.54. The van der Waals surface area contributed by atoms with Crippen LogP contribution in [-0.2, 0) is 14.4 Å². The lowest BCUT2D eigenvalue weighted by atomic mass is 9.95. The number of nitrogens with zero attached hydrogens (tertiary/aromatic N) is 2. The number of ether oxygens (including phenoxy) is 1. The number of pyridine rings is 1. The number of aliphatic hydroxyl groups is 1. The zero-order chi connectivity index (χ0) is 23.5. The third kappa shape index (κ3) is 4.18. The molecule has 1 atom stereocenters. The Morgan fingerprint density at radius 1 is 1.00 bits per heavy atom. The fraction of sp³-hybridized carbons (Fsp3) is 0.120. The molecule has 1 fully saturated rings. The van der Waals surface area contributed by atoms with Crippen LogP contribution in [0.2, 0.25) is 0 Å². The Morgan fingerprint density at radius 3 is 2.21 bits per heavy atom. The van der Waals surface area contributed by atoms with Crippen LogP contribution in [0.5, 0.6) is 5.75 Å². The fourth-order valence-electron chi connectivity index (χ4n) is 3.77. The van der Waals surface area contributed by atoms with Crippen molar-refractivity contribution in [1.29, 1.82) is 0 Å². The topological polar surface area (TPSA) is 109 Å². The molecule has 2 N–H and O–H groups in total. The lowest BCUT2D eigenvalue weighted by Crippen LogP contribution is -2.29. The first-order chi connectivity index (χ1) is 15.9. The Labute approximate surface area is 190 Å². The van der Waals surface area contributed by atoms with Crippen LogP contribution in [0, 0.1) is 0 Å². The van der Waals surface area contributed by atoms with Gasteiger partial charge in [0.1, 0.15) is 11.5 Å². The SMILES string of the molecule is COc1ccc(C2/C(=C(/O)c3ccncc3)C(=O)C(=O)N2c2ccc(NC(C)=O)cc2)cc1. The van der Waals surface area contributed by atoms with Gasteiger partial charge in [0.15, 0.2) is 0 Å². The van der Waals surface area contributed by atoms with E-state index in [-0.39, 0.29) is 17.2 Å². The molecule has 1 aromatic heterocycles. The molecular formula is C25H21N3O5. The number of carbonyl (C=O) groups excluding carboxylic acids is 3. The van der Waals surface area contributed by atoms with Gasteiger partial charge in [-0.05, 0) is 54.1 Å². The largest absolute Gasteiger partial charge is 0.507 e. The van der Waals surface area contributed by atoms with Gasteiger partial charge in [-0.3, -0.25) is 24.3 Å². The van der Waals surface area contributed by atoms with Gasteiger partial charge in [0.25, 0.3) is 11.7 Å². The summed E-state index contributed by atoms with van der Waals surface area (Å²) in [6.45, 7) is 1.40. The Balaban J connectivity index is 1.86. The standard InChI is InChI=1S/C25H21N3O5/c1-15(29)27-18-5-7-19(8-6-18)28-22(16-3-9-20(33-2)10-4-16)21(24(31)25(28)32)23(30)17-11-13-26-14-12-17/h3-14,22,30H,1-2H3,(H,27,29)/b23-21-. The van der Waals surface area contributed by atoms with E-state index < -0.39 is 17.7 Å². The highest BCUT2D eigenvalue weighted by molar-refractivity contribution is 6.51. The Morgan fingerprint density at radius 2 is 1.64 bits per heavy atom. The van der Waals surface area contributed by atoms with Crippen molar-refractivity contribution in [3.8, 4) is 5.75 Å². The summed E-state index contributed by atoms with van der Waals surface area (Å²) in [6.07, 6.45) is 2.99. The quantitative estimate of drug-likeness (QED) is 0.354. The van der Waals surface area contributed by atoms with Gasteiger partial charge in [-0.1, -0.05) is 12.1 Å². The van der Waals surface area contributed by atoms with Gasteiger partial charge in [-0.25, -0.2) is 0 Å². The van der Waals surface area contributed by atoms with Crippen LogP contribution in [-0.4, -0.2) is 34.8 Å². The molecule has 166 valence electrons. The molecule has 8 heteroatoms. The molecule has 1 saturated heterocycles. The van der Waals surface area contributed by atoms with Crippen molar-refractivity contribution in [3.05, 3.63) is 89.8 Å². The smallest absolute Gasteiger partial charge is 0.300 e. The number of methoxy groups -OCH3 is 1. The van der Waals surface area contributed by atoms with Crippen molar-refractivity contribution in [3.63, 3.8) is 0 Å². The first-order valence-corrected chi connectivity index (χ1v) is 10.1. The Hall–Kier alpha value is -4.46. The minimum absolute atomic E-state index is 0.0256. The number of anilines is 2. The van der Waals surface area contributed by atoms with Gasteiger partial charge in [-0.2, -0.15) is 0 Å². The van der Waals surface area contributed by atoms with E-state index in [0.29, 0.717) is 28.3 Å². The van der Waals surface area contributed by atoms with E-state index in [1.54, 1.807) is 67.8 Å². The average Bonchev–Trinajstić information content (AvgIpc) is 3.10.